The molecule has 0 aliphatic carbocycles. The van der Waals surface area contributed by atoms with Crippen molar-refractivity contribution < 1.29 is 14.7 Å². The Morgan fingerprint density at radius 2 is 2.28 bits per heavy atom. The Balaban J connectivity index is 2.37. The summed E-state index contributed by atoms with van der Waals surface area (Å²) in [5, 5.41) is 13.9. The van der Waals surface area contributed by atoms with Gasteiger partial charge in [-0.05, 0) is 6.42 Å². The average molecular weight is 254 g/mol. The summed E-state index contributed by atoms with van der Waals surface area (Å²) < 4.78 is 1.80. The van der Waals surface area contributed by atoms with E-state index in [-0.39, 0.29) is 18.5 Å². The van der Waals surface area contributed by atoms with Crippen molar-refractivity contribution >= 4 is 12.0 Å². The molecule has 0 saturated carbocycles. The molecule has 1 rings (SSSR count). The number of carboxylic acid groups (broad SMARTS) is 1. The van der Waals surface area contributed by atoms with Gasteiger partial charge in [-0.2, -0.15) is 0 Å². The number of urea groups is 1. The maximum atomic E-state index is 11.5. The Morgan fingerprint density at radius 1 is 1.56 bits per heavy atom. The zero-order valence-corrected chi connectivity index (χ0v) is 10.5. The lowest BCUT2D eigenvalue weighted by molar-refractivity contribution is -0.137. The van der Waals surface area contributed by atoms with Gasteiger partial charge in [0.2, 0.25) is 0 Å². The molecular weight excluding hydrogens is 236 g/mol. The maximum absolute atomic E-state index is 11.5. The van der Waals surface area contributed by atoms with E-state index in [2.05, 4.69) is 15.6 Å². The largest absolute Gasteiger partial charge is 0.481 e. The number of aryl methyl sites for hydroxylation is 1. The minimum absolute atomic E-state index is 0.0771. The highest BCUT2D eigenvalue weighted by molar-refractivity contribution is 5.75. The number of nitrogens with zero attached hydrogens (tertiary/aromatic N) is 2. The minimum Gasteiger partial charge on any atom is -0.481 e. The number of rotatable bonds is 6. The van der Waals surface area contributed by atoms with Crippen LogP contribution in [0.1, 0.15) is 25.6 Å². The van der Waals surface area contributed by atoms with Crippen LogP contribution in [-0.2, 0) is 18.4 Å². The summed E-state index contributed by atoms with van der Waals surface area (Å²) in [6, 6.07) is -0.741. The number of carboxylic acids is 1. The van der Waals surface area contributed by atoms with Gasteiger partial charge in [-0.25, -0.2) is 9.78 Å². The number of hydrogen-bond acceptors (Lipinski definition) is 3. The molecule has 7 heteroatoms. The Bertz CT molecular complexity index is 416. The van der Waals surface area contributed by atoms with Gasteiger partial charge in [0.15, 0.2) is 0 Å². The van der Waals surface area contributed by atoms with Gasteiger partial charge >= 0.3 is 12.0 Å². The van der Waals surface area contributed by atoms with E-state index in [9.17, 15) is 9.59 Å². The molecule has 0 saturated heterocycles. The van der Waals surface area contributed by atoms with Crippen LogP contribution in [0, 0.1) is 0 Å². The highest BCUT2D eigenvalue weighted by Gasteiger charge is 2.13. The molecule has 0 spiro atoms. The smallest absolute Gasteiger partial charge is 0.315 e. The Hall–Kier alpha value is -2.05. The number of hydrogen-bond donors (Lipinski definition) is 3. The SMILES string of the molecule is CCC(CC(=O)O)NC(=O)NCc1nccn1C. The molecule has 0 fully saturated rings. The van der Waals surface area contributed by atoms with Crippen LogP contribution in [0.25, 0.3) is 0 Å². The predicted octanol–water partition coefficient (Wildman–Crippen LogP) is 0.473. The van der Waals surface area contributed by atoms with Crippen LogP contribution in [0.5, 0.6) is 0 Å². The molecule has 2 amide bonds. The molecule has 18 heavy (non-hydrogen) atoms. The summed E-state index contributed by atoms with van der Waals surface area (Å²) in [5.74, 6) is -0.192. The molecule has 1 aromatic heterocycles. The van der Waals surface area contributed by atoms with Gasteiger partial charge in [0.05, 0.1) is 13.0 Å². The Morgan fingerprint density at radius 3 is 2.78 bits per heavy atom. The van der Waals surface area contributed by atoms with E-state index in [1.807, 2.05) is 14.0 Å². The van der Waals surface area contributed by atoms with Crippen LogP contribution >= 0.6 is 0 Å². The van der Waals surface area contributed by atoms with Crippen molar-refractivity contribution in [2.45, 2.75) is 32.4 Å². The van der Waals surface area contributed by atoms with Crippen LogP contribution in [0.2, 0.25) is 0 Å². The highest BCUT2D eigenvalue weighted by atomic mass is 16.4. The van der Waals surface area contributed by atoms with Crippen molar-refractivity contribution in [3.8, 4) is 0 Å². The minimum atomic E-state index is -0.925. The van der Waals surface area contributed by atoms with E-state index in [1.165, 1.54) is 0 Å². The average Bonchev–Trinajstić information content (AvgIpc) is 2.70. The molecule has 0 aromatic carbocycles. The molecule has 0 aliphatic heterocycles. The highest BCUT2D eigenvalue weighted by Crippen LogP contribution is 1.98. The molecule has 1 heterocycles. The fourth-order valence-corrected chi connectivity index (χ4v) is 1.47. The third-order valence-electron chi connectivity index (χ3n) is 2.58. The molecule has 1 unspecified atom stereocenters. The topological polar surface area (TPSA) is 96.2 Å². The first-order chi connectivity index (χ1) is 8.52. The first-order valence-corrected chi connectivity index (χ1v) is 5.75. The summed E-state index contributed by atoms with van der Waals surface area (Å²) >= 11 is 0. The molecular formula is C11H18N4O3. The van der Waals surface area contributed by atoms with Crippen LogP contribution < -0.4 is 10.6 Å². The van der Waals surface area contributed by atoms with Crippen LogP contribution in [0.3, 0.4) is 0 Å². The van der Waals surface area contributed by atoms with Gasteiger partial charge in [-0.15, -0.1) is 0 Å². The third-order valence-corrected chi connectivity index (χ3v) is 2.58. The lowest BCUT2D eigenvalue weighted by atomic mass is 10.1. The third kappa shape index (κ3) is 4.44. The van der Waals surface area contributed by atoms with Crippen molar-refractivity contribution in [2.24, 2.45) is 7.05 Å². The van der Waals surface area contributed by atoms with Gasteiger partial charge < -0.3 is 20.3 Å². The summed E-state index contributed by atoms with van der Waals surface area (Å²) in [5.41, 5.74) is 0. The second-order valence-corrected chi connectivity index (χ2v) is 3.98. The molecule has 7 nitrogen and oxygen atoms in total. The Kier molecular flexibility index (Phi) is 5.16. The summed E-state index contributed by atoms with van der Waals surface area (Å²) in [7, 11) is 1.83. The first-order valence-electron chi connectivity index (χ1n) is 5.75. The Labute approximate surface area is 105 Å². The summed E-state index contributed by atoms with van der Waals surface area (Å²) in [6.45, 7) is 2.13. The second-order valence-electron chi connectivity index (χ2n) is 3.98. The number of imidazole rings is 1. The second kappa shape index (κ2) is 6.63. The van der Waals surface area contributed by atoms with Gasteiger partial charge in [0.1, 0.15) is 5.82 Å². The van der Waals surface area contributed by atoms with E-state index in [0.717, 1.165) is 5.82 Å². The predicted molar refractivity (Wildman–Crippen MR) is 64.9 cm³/mol. The number of carbonyl (C=O) groups excluding carboxylic acids is 1. The number of carbonyl (C=O) groups is 2. The quantitative estimate of drug-likeness (QED) is 0.687. The van der Waals surface area contributed by atoms with Crippen LogP contribution in [-0.4, -0.2) is 32.7 Å². The van der Waals surface area contributed by atoms with Gasteiger partial charge in [0, 0.05) is 25.5 Å². The lowest BCUT2D eigenvalue weighted by Crippen LogP contribution is -2.42. The van der Waals surface area contributed by atoms with Gasteiger partial charge in [-0.3, -0.25) is 4.79 Å². The number of nitrogens with one attached hydrogen (secondary N) is 2. The van der Waals surface area contributed by atoms with E-state index < -0.39 is 5.97 Å². The van der Waals surface area contributed by atoms with Crippen molar-refractivity contribution in [3.05, 3.63) is 18.2 Å². The van der Waals surface area contributed by atoms with Crippen molar-refractivity contribution in [1.82, 2.24) is 20.2 Å². The molecule has 0 aliphatic rings. The first kappa shape index (κ1) is 14.0. The van der Waals surface area contributed by atoms with Crippen molar-refractivity contribution in [1.29, 1.82) is 0 Å². The molecule has 100 valence electrons. The van der Waals surface area contributed by atoms with E-state index >= 15 is 0 Å². The van der Waals surface area contributed by atoms with Gasteiger partial charge in [-0.1, -0.05) is 6.92 Å². The van der Waals surface area contributed by atoms with Crippen LogP contribution in [0.15, 0.2) is 12.4 Å². The summed E-state index contributed by atoms with van der Waals surface area (Å²) in [6.07, 6.45) is 3.93. The van der Waals surface area contributed by atoms with E-state index in [1.54, 1.807) is 17.0 Å². The maximum Gasteiger partial charge on any atom is 0.315 e. The number of amides is 2. The monoisotopic (exact) mass is 254 g/mol. The molecule has 1 atom stereocenters. The summed E-state index contributed by atoms with van der Waals surface area (Å²) in [4.78, 5) is 26.2. The molecule has 0 radical (unpaired) electrons. The fourth-order valence-electron chi connectivity index (χ4n) is 1.47. The molecule has 0 bridgehead atoms. The van der Waals surface area contributed by atoms with Crippen LogP contribution in [0.4, 0.5) is 4.79 Å². The van der Waals surface area contributed by atoms with Crippen molar-refractivity contribution in [3.63, 3.8) is 0 Å². The zero-order chi connectivity index (χ0) is 13.5. The van der Waals surface area contributed by atoms with Crippen molar-refractivity contribution in [2.75, 3.05) is 0 Å². The molecule has 1 aromatic rings. The standard InChI is InChI=1S/C11H18N4O3/c1-3-8(6-10(16)17)14-11(18)13-7-9-12-4-5-15(9)2/h4-5,8H,3,6-7H2,1-2H3,(H,16,17)(H2,13,14,18). The molecule has 3 N–H and O–H groups in total. The van der Waals surface area contributed by atoms with Gasteiger partial charge in [0.25, 0.3) is 0 Å². The van der Waals surface area contributed by atoms with E-state index in [4.69, 9.17) is 5.11 Å². The number of aromatic nitrogens is 2. The van der Waals surface area contributed by atoms with E-state index in [0.29, 0.717) is 13.0 Å². The number of aliphatic carboxylic acids is 1. The fraction of sp³-hybridized carbons (Fsp3) is 0.545. The zero-order valence-electron chi connectivity index (χ0n) is 10.5. The normalized spacial score (nSPS) is 11.9. The lowest BCUT2D eigenvalue weighted by Gasteiger charge is -2.15.